The summed E-state index contributed by atoms with van der Waals surface area (Å²) in [6.45, 7) is 3.25. The molecule has 1 aromatic carbocycles. The van der Waals surface area contributed by atoms with E-state index in [4.69, 9.17) is 0 Å². The first-order chi connectivity index (χ1) is 16.4. The second kappa shape index (κ2) is 12.5. The second-order valence-corrected chi connectivity index (χ2v) is 11.4. The molecule has 12 heteroatoms. The van der Waals surface area contributed by atoms with E-state index in [-0.39, 0.29) is 44.3 Å². The van der Waals surface area contributed by atoms with E-state index in [1.165, 1.54) is 36.4 Å². The molecule has 4 N–H and O–H groups in total. The molecule has 2 amide bonds. The van der Waals surface area contributed by atoms with E-state index in [0.29, 0.717) is 18.4 Å². The summed E-state index contributed by atoms with van der Waals surface area (Å²) in [7, 11) is -3.60. The van der Waals surface area contributed by atoms with Crippen LogP contribution >= 0.6 is 0 Å². The quantitative estimate of drug-likeness (QED) is 0.285. The number of carbonyl (C=O) groups is 3. The third-order valence-corrected chi connectivity index (χ3v) is 7.91. The maximum Gasteiger partial charge on any atom is 0.287 e. The van der Waals surface area contributed by atoms with Gasteiger partial charge in [0.05, 0.1) is 12.4 Å². The number of rotatable bonds is 12. The van der Waals surface area contributed by atoms with E-state index in [0.717, 1.165) is 0 Å². The van der Waals surface area contributed by atoms with Crippen molar-refractivity contribution in [2.75, 3.05) is 32.8 Å². The first-order valence-corrected chi connectivity index (χ1v) is 13.1. The number of hydrogen-bond acceptors (Lipinski definition) is 7. The van der Waals surface area contributed by atoms with E-state index < -0.39 is 51.6 Å². The van der Waals surface area contributed by atoms with Crippen molar-refractivity contribution >= 4 is 27.6 Å². The molecular weight excluding hydrogens is 481 g/mol. The number of sulfonamides is 1. The molecule has 1 aliphatic heterocycles. The molecule has 1 heterocycles. The monoisotopic (exact) mass is 515 g/mol. The molecule has 0 spiro atoms. The first kappa shape index (κ1) is 28.8. The van der Waals surface area contributed by atoms with Crippen molar-refractivity contribution in [1.82, 2.24) is 14.9 Å². The van der Waals surface area contributed by atoms with Crippen LogP contribution in [0, 0.1) is 17.2 Å². The Hall–Kier alpha value is -2.41. The predicted octanol–water partition coefficient (Wildman–Crippen LogP) is -0.0615. The van der Waals surface area contributed by atoms with Crippen LogP contribution in [-0.2, 0) is 30.2 Å². The van der Waals surface area contributed by atoms with Gasteiger partial charge in [-0.3, -0.25) is 14.4 Å². The van der Waals surface area contributed by atoms with Gasteiger partial charge in [-0.25, -0.2) is 17.1 Å². The molecule has 196 valence electrons. The van der Waals surface area contributed by atoms with Crippen molar-refractivity contribution in [3.05, 3.63) is 35.6 Å². The van der Waals surface area contributed by atoms with Crippen LogP contribution in [0.4, 0.5) is 4.39 Å². The third kappa shape index (κ3) is 8.64. The Morgan fingerprint density at radius 1 is 1.20 bits per heavy atom. The lowest BCUT2D eigenvalue weighted by atomic mass is 9.87. The maximum atomic E-state index is 13.3. The van der Waals surface area contributed by atoms with Crippen LogP contribution in [-0.4, -0.2) is 79.4 Å². The minimum absolute atomic E-state index is 0.00272. The lowest BCUT2D eigenvalue weighted by Crippen LogP contribution is -2.46. The van der Waals surface area contributed by atoms with Crippen molar-refractivity contribution in [1.29, 1.82) is 0 Å². The minimum Gasteiger partial charge on any atom is -0.396 e. The van der Waals surface area contributed by atoms with Gasteiger partial charge in [0.2, 0.25) is 21.7 Å². The van der Waals surface area contributed by atoms with Gasteiger partial charge in [0.25, 0.3) is 5.91 Å². The van der Waals surface area contributed by atoms with E-state index in [2.05, 4.69) is 10.6 Å². The van der Waals surface area contributed by atoms with Gasteiger partial charge in [-0.2, -0.15) is 0 Å². The predicted molar refractivity (Wildman–Crippen MR) is 126 cm³/mol. The number of nitrogens with one attached hydrogen (secondary N) is 2. The number of aliphatic hydroxyl groups excluding tert-OH is 2. The number of piperidine rings is 1. The standard InChI is InChI=1S/C23H34FN3O7S/c1-23(2,15-28)20(30)22(32)25-9-6-19(29)21(31)26-13-16-7-10-27(11-8-16)35(33,34)14-17-4-3-5-18(24)12-17/h3-5,12,16,20,28,30H,6-11,13-15H2,1-2H3,(H,25,32)(H,26,31). The van der Waals surface area contributed by atoms with Gasteiger partial charge in [-0.05, 0) is 36.5 Å². The Labute approximate surface area is 204 Å². The van der Waals surface area contributed by atoms with E-state index in [9.17, 15) is 37.4 Å². The van der Waals surface area contributed by atoms with Gasteiger partial charge in [0, 0.05) is 38.0 Å². The highest BCUT2D eigenvalue weighted by molar-refractivity contribution is 7.88. The van der Waals surface area contributed by atoms with Crippen molar-refractivity contribution < 1.29 is 37.4 Å². The molecular formula is C23H34FN3O7S. The van der Waals surface area contributed by atoms with Crippen LogP contribution in [0.15, 0.2) is 24.3 Å². The maximum absolute atomic E-state index is 13.3. The minimum atomic E-state index is -3.60. The van der Waals surface area contributed by atoms with Crippen LogP contribution in [0.1, 0.15) is 38.7 Å². The van der Waals surface area contributed by atoms with E-state index in [1.54, 1.807) is 6.07 Å². The number of nitrogens with zero attached hydrogens (tertiary/aromatic N) is 1. The normalized spacial score (nSPS) is 16.5. The molecule has 1 aliphatic rings. The van der Waals surface area contributed by atoms with Gasteiger partial charge in [-0.1, -0.05) is 26.0 Å². The summed E-state index contributed by atoms with van der Waals surface area (Å²) in [5.41, 5.74) is -0.666. The fourth-order valence-electron chi connectivity index (χ4n) is 3.61. The number of aliphatic hydroxyl groups is 2. The molecule has 0 bridgehead atoms. The second-order valence-electron chi connectivity index (χ2n) is 9.45. The van der Waals surface area contributed by atoms with E-state index in [1.807, 2.05) is 0 Å². The summed E-state index contributed by atoms with van der Waals surface area (Å²) >= 11 is 0. The molecule has 10 nitrogen and oxygen atoms in total. The largest absolute Gasteiger partial charge is 0.396 e. The highest BCUT2D eigenvalue weighted by Gasteiger charge is 2.33. The zero-order valence-corrected chi connectivity index (χ0v) is 20.8. The van der Waals surface area contributed by atoms with Crippen LogP contribution in [0.3, 0.4) is 0 Å². The SMILES string of the molecule is CC(C)(CO)C(O)C(=O)NCCC(=O)C(=O)NCC1CCN(S(=O)(=O)Cc2cccc(F)c2)CC1. The summed E-state index contributed by atoms with van der Waals surface area (Å²) in [5, 5.41) is 24.0. The number of ketones is 1. The summed E-state index contributed by atoms with van der Waals surface area (Å²) in [6.07, 6.45) is -0.697. The molecule has 1 aromatic rings. The van der Waals surface area contributed by atoms with Crippen molar-refractivity contribution in [2.45, 2.75) is 45.0 Å². The third-order valence-electron chi connectivity index (χ3n) is 6.06. The van der Waals surface area contributed by atoms with Crippen molar-refractivity contribution in [3.8, 4) is 0 Å². The lowest BCUT2D eigenvalue weighted by Gasteiger charge is -2.31. The average molecular weight is 516 g/mol. The zero-order chi connectivity index (χ0) is 26.2. The molecule has 0 aromatic heterocycles. The number of hydrogen-bond donors (Lipinski definition) is 4. The van der Waals surface area contributed by atoms with Crippen LogP contribution in [0.25, 0.3) is 0 Å². The highest BCUT2D eigenvalue weighted by Crippen LogP contribution is 2.22. The van der Waals surface area contributed by atoms with Gasteiger partial charge >= 0.3 is 0 Å². The summed E-state index contributed by atoms with van der Waals surface area (Å²) < 4.78 is 39.9. The lowest BCUT2D eigenvalue weighted by molar-refractivity contribution is -0.139. The van der Waals surface area contributed by atoms with Gasteiger partial charge in [-0.15, -0.1) is 0 Å². The molecule has 2 rings (SSSR count). The Kier molecular flexibility index (Phi) is 10.3. The van der Waals surface area contributed by atoms with Crippen LogP contribution in [0.2, 0.25) is 0 Å². The molecule has 1 fully saturated rings. The number of amides is 2. The topological polar surface area (TPSA) is 153 Å². The van der Waals surface area contributed by atoms with Crippen LogP contribution < -0.4 is 10.6 Å². The number of halogens is 1. The number of carbonyl (C=O) groups excluding carboxylic acids is 3. The molecule has 1 saturated heterocycles. The smallest absolute Gasteiger partial charge is 0.287 e. The Morgan fingerprint density at radius 2 is 1.86 bits per heavy atom. The molecule has 0 aliphatic carbocycles. The Morgan fingerprint density at radius 3 is 2.46 bits per heavy atom. The number of Topliss-reactive ketones (excluding diaryl/α,β-unsaturated/α-hetero) is 1. The molecule has 0 radical (unpaired) electrons. The first-order valence-electron chi connectivity index (χ1n) is 11.5. The average Bonchev–Trinajstić information content (AvgIpc) is 2.81. The fraction of sp³-hybridized carbons (Fsp3) is 0.609. The molecule has 1 atom stereocenters. The van der Waals surface area contributed by atoms with Crippen molar-refractivity contribution in [2.24, 2.45) is 11.3 Å². The fourth-order valence-corrected chi connectivity index (χ4v) is 5.16. The van der Waals surface area contributed by atoms with E-state index >= 15 is 0 Å². The van der Waals surface area contributed by atoms with Gasteiger partial charge in [0.15, 0.2) is 0 Å². The molecule has 1 unspecified atom stereocenters. The Balaban J connectivity index is 1.70. The summed E-state index contributed by atoms with van der Waals surface area (Å²) in [6, 6.07) is 5.47. The van der Waals surface area contributed by atoms with Gasteiger partial charge in [0.1, 0.15) is 11.9 Å². The molecule has 35 heavy (non-hydrogen) atoms. The van der Waals surface area contributed by atoms with Crippen molar-refractivity contribution in [3.63, 3.8) is 0 Å². The highest BCUT2D eigenvalue weighted by atomic mass is 32.2. The van der Waals surface area contributed by atoms with Gasteiger partial charge < -0.3 is 20.8 Å². The summed E-state index contributed by atoms with van der Waals surface area (Å²) in [5.74, 6) is -3.04. The summed E-state index contributed by atoms with van der Waals surface area (Å²) in [4.78, 5) is 36.0. The van der Waals surface area contributed by atoms with Crippen LogP contribution in [0.5, 0.6) is 0 Å². The number of benzene rings is 1. The zero-order valence-electron chi connectivity index (χ0n) is 20.0. The Bertz CT molecular complexity index is 1010. The molecule has 0 saturated carbocycles.